The van der Waals surface area contributed by atoms with Crippen LogP contribution in [0.4, 0.5) is 5.69 Å². The average molecular weight is 222 g/mol. The fourth-order valence-corrected chi connectivity index (χ4v) is 1.91. The summed E-state index contributed by atoms with van der Waals surface area (Å²) >= 11 is 0. The molecule has 1 nitrogen and oxygen atoms in total. The van der Waals surface area contributed by atoms with Crippen LogP contribution >= 0.6 is 0 Å². The molecule has 0 amide bonds. The van der Waals surface area contributed by atoms with Crippen LogP contribution < -0.4 is 4.90 Å². The standard InChI is InChI=1S/C16H16N/c1-3-11-17(12-4-2)16-10-9-14-7-5-6-8-15(14)13-16/h3-4,6-10,13H,1-2,11-12H2. The second-order valence-corrected chi connectivity index (χ2v) is 3.94. The summed E-state index contributed by atoms with van der Waals surface area (Å²) in [5, 5.41) is 2.45. The minimum Gasteiger partial charge on any atom is -0.364 e. The molecule has 0 saturated heterocycles. The molecule has 1 radical (unpaired) electrons. The molecule has 0 aromatic heterocycles. The first-order valence-corrected chi connectivity index (χ1v) is 5.72. The second kappa shape index (κ2) is 5.35. The van der Waals surface area contributed by atoms with Crippen LogP contribution in [-0.4, -0.2) is 13.1 Å². The highest BCUT2D eigenvalue weighted by Gasteiger charge is 2.03. The molecule has 0 aliphatic rings. The first-order chi connectivity index (χ1) is 8.35. The molecule has 1 heteroatoms. The Kier molecular flexibility index (Phi) is 3.61. The molecule has 0 spiro atoms. The maximum absolute atomic E-state index is 3.79. The fraction of sp³-hybridized carbons (Fsp3) is 0.125. The Labute approximate surface area is 103 Å². The largest absolute Gasteiger partial charge is 0.364 e. The molecule has 0 saturated carbocycles. The van der Waals surface area contributed by atoms with Crippen molar-refractivity contribution in [2.24, 2.45) is 0 Å². The van der Waals surface area contributed by atoms with Crippen molar-refractivity contribution < 1.29 is 0 Å². The van der Waals surface area contributed by atoms with E-state index >= 15 is 0 Å². The number of hydrogen-bond donors (Lipinski definition) is 0. The monoisotopic (exact) mass is 222 g/mol. The lowest BCUT2D eigenvalue weighted by Crippen LogP contribution is -2.22. The summed E-state index contributed by atoms with van der Waals surface area (Å²) in [6.07, 6.45) is 3.82. The summed E-state index contributed by atoms with van der Waals surface area (Å²) in [4.78, 5) is 2.23. The number of hydrogen-bond acceptors (Lipinski definition) is 1. The van der Waals surface area contributed by atoms with Crippen LogP contribution in [0.5, 0.6) is 0 Å². The average Bonchev–Trinajstić information content (AvgIpc) is 2.38. The van der Waals surface area contributed by atoms with Gasteiger partial charge in [0, 0.05) is 18.8 Å². The molecule has 0 aliphatic carbocycles. The van der Waals surface area contributed by atoms with Gasteiger partial charge in [0.05, 0.1) is 0 Å². The third-order valence-corrected chi connectivity index (χ3v) is 2.73. The Morgan fingerprint density at radius 1 is 1.06 bits per heavy atom. The van der Waals surface area contributed by atoms with Crippen molar-refractivity contribution in [2.45, 2.75) is 0 Å². The smallest absolute Gasteiger partial charge is 0.0378 e. The van der Waals surface area contributed by atoms with E-state index in [-0.39, 0.29) is 0 Å². The predicted molar refractivity (Wildman–Crippen MR) is 75.4 cm³/mol. The summed E-state index contributed by atoms with van der Waals surface area (Å²) in [6.45, 7) is 9.24. The van der Waals surface area contributed by atoms with Gasteiger partial charge in [-0.2, -0.15) is 0 Å². The maximum Gasteiger partial charge on any atom is 0.0378 e. The van der Waals surface area contributed by atoms with Gasteiger partial charge in [0.1, 0.15) is 0 Å². The van der Waals surface area contributed by atoms with Crippen LogP contribution in [0.1, 0.15) is 0 Å². The maximum atomic E-state index is 3.79. The molecule has 0 bridgehead atoms. The Hall–Kier alpha value is -2.02. The van der Waals surface area contributed by atoms with Crippen LogP contribution in [0, 0.1) is 6.07 Å². The lowest BCUT2D eigenvalue weighted by Gasteiger charge is -2.22. The molecule has 0 N–H and O–H groups in total. The van der Waals surface area contributed by atoms with Crippen molar-refractivity contribution in [3.8, 4) is 0 Å². The van der Waals surface area contributed by atoms with Crippen LogP contribution in [0.2, 0.25) is 0 Å². The zero-order valence-electron chi connectivity index (χ0n) is 9.89. The number of fused-ring (bicyclic) bond motifs is 1. The second-order valence-electron chi connectivity index (χ2n) is 3.94. The molecule has 0 atom stereocenters. The highest BCUT2D eigenvalue weighted by atomic mass is 15.1. The van der Waals surface area contributed by atoms with Crippen molar-refractivity contribution in [1.29, 1.82) is 0 Å². The van der Waals surface area contributed by atoms with Gasteiger partial charge in [0.25, 0.3) is 0 Å². The molecular formula is C16H16N. The topological polar surface area (TPSA) is 3.24 Å². The van der Waals surface area contributed by atoms with Gasteiger partial charge in [-0.05, 0) is 35.0 Å². The molecule has 85 valence electrons. The number of benzene rings is 2. The Balaban J connectivity index is 2.39. The zero-order chi connectivity index (χ0) is 12.1. The first kappa shape index (κ1) is 11.5. The molecule has 0 heterocycles. The van der Waals surface area contributed by atoms with E-state index in [1.54, 1.807) is 0 Å². The van der Waals surface area contributed by atoms with E-state index in [9.17, 15) is 0 Å². The van der Waals surface area contributed by atoms with Crippen LogP contribution in [0.3, 0.4) is 0 Å². The van der Waals surface area contributed by atoms with Gasteiger partial charge in [0.15, 0.2) is 0 Å². The molecule has 2 aromatic rings. The van der Waals surface area contributed by atoms with Crippen molar-refractivity contribution in [2.75, 3.05) is 18.0 Å². The highest BCUT2D eigenvalue weighted by molar-refractivity contribution is 5.85. The summed E-state index contributed by atoms with van der Waals surface area (Å²) in [5.74, 6) is 0. The lowest BCUT2D eigenvalue weighted by molar-refractivity contribution is 0.958. The SMILES string of the molecule is C=CCN(CC=C)c1ccc2c[c]ccc2c1. The van der Waals surface area contributed by atoms with Gasteiger partial charge in [-0.3, -0.25) is 0 Å². The Morgan fingerprint density at radius 3 is 2.53 bits per heavy atom. The quantitative estimate of drug-likeness (QED) is 0.695. The minimum absolute atomic E-state index is 0.830. The van der Waals surface area contributed by atoms with Crippen molar-refractivity contribution in [1.82, 2.24) is 0 Å². The predicted octanol–water partition coefficient (Wildman–Crippen LogP) is 3.82. The molecular weight excluding hydrogens is 206 g/mol. The van der Waals surface area contributed by atoms with Gasteiger partial charge in [-0.1, -0.05) is 30.4 Å². The molecule has 17 heavy (non-hydrogen) atoms. The Bertz CT molecular complexity index is 518. The van der Waals surface area contributed by atoms with Gasteiger partial charge >= 0.3 is 0 Å². The fourth-order valence-electron chi connectivity index (χ4n) is 1.91. The van der Waals surface area contributed by atoms with E-state index in [2.05, 4.69) is 48.4 Å². The van der Waals surface area contributed by atoms with Crippen molar-refractivity contribution in [3.05, 3.63) is 67.8 Å². The van der Waals surface area contributed by atoms with E-state index in [1.165, 1.54) is 16.5 Å². The zero-order valence-corrected chi connectivity index (χ0v) is 9.89. The summed E-state index contributed by atoms with van der Waals surface area (Å²) < 4.78 is 0. The number of rotatable bonds is 5. The van der Waals surface area contributed by atoms with E-state index in [0.717, 1.165) is 13.1 Å². The van der Waals surface area contributed by atoms with E-state index < -0.39 is 0 Å². The van der Waals surface area contributed by atoms with Gasteiger partial charge in [-0.15, -0.1) is 13.2 Å². The van der Waals surface area contributed by atoms with E-state index in [0.29, 0.717) is 0 Å². The van der Waals surface area contributed by atoms with Gasteiger partial charge in [-0.25, -0.2) is 0 Å². The van der Waals surface area contributed by atoms with E-state index in [4.69, 9.17) is 0 Å². The molecule has 0 unspecified atom stereocenters. The summed E-state index contributed by atoms with van der Waals surface area (Å²) in [7, 11) is 0. The number of nitrogens with zero attached hydrogens (tertiary/aromatic N) is 1. The van der Waals surface area contributed by atoms with Gasteiger partial charge < -0.3 is 4.90 Å². The minimum atomic E-state index is 0.830. The van der Waals surface area contributed by atoms with Gasteiger partial charge in [0.2, 0.25) is 0 Å². The van der Waals surface area contributed by atoms with Crippen LogP contribution in [-0.2, 0) is 0 Å². The molecule has 0 fully saturated rings. The summed E-state index contributed by atoms with van der Waals surface area (Å²) in [6, 6.07) is 15.6. The normalized spacial score (nSPS) is 10.1. The molecule has 0 aliphatic heterocycles. The molecule has 2 aromatic carbocycles. The molecule has 2 rings (SSSR count). The highest BCUT2D eigenvalue weighted by Crippen LogP contribution is 2.21. The number of anilines is 1. The summed E-state index contributed by atoms with van der Waals surface area (Å²) in [5.41, 5.74) is 1.20. The third kappa shape index (κ3) is 2.56. The third-order valence-electron chi connectivity index (χ3n) is 2.73. The van der Waals surface area contributed by atoms with E-state index in [1.807, 2.05) is 24.3 Å². The van der Waals surface area contributed by atoms with Crippen LogP contribution in [0.25, 0.3) is 10.8 Å². The first-order valence-electron chi connectivity index (χ1n) is 5.72. The lowest BCUT2D eigenvalue weighted by atomic mass is 10.1. The Morgan fingerprint density at radius 2 is 1.82 bits per heavy atom. The van der Waals surface area contributed by atoms with Crippen molar-refractivity contribution >= 4 is 16.5 Å². The van der Waals surface area contributed by atoms with Crippen molar-refractivity contribution in [3.63, 3.8) is 0 Å². The van der Waals surface area contributed by atoms with Crippen LogP contribution in [0.15, 0.2) is 61.7 Å².